The lowest BCUT2D eigenvalue weighted by atomic mass is 10.1. The lowest BCUT2D eigenvalue weighted by molar-refractivity contribution is 0.0950. The fourth-order valence-electron chi connectivity index (χ4n) is 1.95. The van der Waals surface area contributed by atoms with Crippen LogP contribution >= 0.6 is 0 Å². The maximum Gasteiger partial charge on any atom is 0.251 e. The van der Waals surface area contributed by atoms with Crippen LogP contribution in [0.25, 0.3) is 0 Å². The Hall–Kier alpha value is -2.40. The van der Waals surface area contributed by atoms with Gasteiger partial charge < -0.3 is 15.8 Å². The molecule has 3 N–H and O–H groups in total. The molecular weight excluding hydrogens is 271 g/mol. The van der Waals surface area contributed by atoms with Gasteiger partial charge in [0.2, 0.25) is 0 Å². The van der Waals surface area contributed by atoms with Gasteiger partial charge in [-0.15, -0.1) is 0 Å². The van der Waals surface area contributed by atoms with Crippen LogP contribution in [0.15, 0.2) is 42.5 Å². The van der Waals surface area contributed by atoms with Crippen molar-refractivity contribution in [3.8, 4) is 0 Å². The number of carbonyl (C=O) groups is 1. The molecule has 0 saturated heterocycles. The van der Waals surface area contributed by atoms with Gasteiger partial charge in [-0.2, -0.15) is 0 Å². The minimum atomic E-state index is -0.593. The fraction of sp³-hybridized carbons (Fsp3) is 0.188. The molecule has 0 aromatic heterocycles. The van der Waals surface area contributed by atoms with Gasteiger partial charge in [-0.3, -0.25) is 4.79 Å². The molecule has 0 unspecified atom stereocenters. The molecule has 0 heterocycles. The third-order valence-corrected chi connectivity index (χ3v) is 3.02. The first kappa shape index (κ1) is 15.0. The largest absolute Gasteiger partial charge is 0.396 e. The molecule has 1 amide bonds. The second kappa shape index (κ2) is 6.85. The van der Waals surface area contributed by atoms with E-state index >= 15 is 0 Å². The summed E-state index contributed by atoms with van der Waals surface area (Å²) in [5.74, 6) is -0.934. The fourth-order valence-corrected chi connectivity index (χ4v) is 1.95. The molecule has 0 aliphatic heterocycles. The second-order valence-electron chi connectivity index (χ2n) is 4.67. The van der Waals surface area contributed by atoms with Gasteiger partial charge in [0.15, 0.2) is 0 Å². The number of rotatable bonds is 5. The Labute approximate surface area is 122 Å². The van der Waals surface area contributed by atoms with E-state index in [0.717, 1.165) is 17.2 Å². The summed E-state index contributed by atoms with van der Waals surface area (Å²) in [5.41, 5.74) is 7.64. The van der Waals surface area contributed by atoms with Crippen LogP contribution in [0.1, 0.15) is 21.5 Å². The zero-order valence-electron chi connectivity index (χ0n) is 11.7. The number of halogens is 1. The van der Waals surface area contributed by atoms with Gasteiger partial charge in [0.1, 0.15) is 5.82 Å². The summed E-state index contributed by atoms with van der Waals surface area (Å²) in [4.78, 5) is 11.9. The van der Waals surface area contributed by atoms with E-state index in [4.69, 9.17) is 10.5 Å². The summed E-state index contributed by atoms with van der Waals surface area (Å²) in [7, 11) is 1.63. The molecule has 2 rings (SSSR count). The number of benzene rings is 2. The molecule has 4 nitrogen and oxygen atoms in total. The van der Waals surface area contributed by atoms with Crippen LogP contribution < -0.4 is 11.1 Å². The summed E-state index contributed by atoms with van der Waals surface area (Å²) < 4.78 is 18.4. The number of amides is 1. The van der Waals surface area contributed by atoms with Crippen molar-refractivity contribution in [2.45, 2.75) is 13.2 Å². The first-order valence-electron chi connectivity index (χ1n) is 6.50. The Morgan fingerprint density at radius 3 is 2.71 bits per heavy atom. The zero-order valence-corrected chi connectivity index (χ0v) is 11.7. The summed E-state index contributed by atoms with van der Waals surface area (Å²) in [6.07, 6.45) is 0. The highest BCUT2D eigenvalue weighted by molar-refractivity contribution is 5.94. The lowest BCUT2D eigenvalue weighted by Gasteiger charge is -2.08. The summed E-state index contributed by atoms with van der Waals surface area (Å²) in [5, 5.41) is 2.74. The molecule has 110 valence electrons. The maximum absolute atomic E-state index is 13.3. The molecule has 21 heavy (non-hydrogen) atoms. The molecule has 0 atom stereocenters. The Kier molecular flexibility index (Phi) is 4.90. The molecule has 2 aromatic rings. The molecule has 0 spiro atoms. The third-order valence-electron chi connectivity index (χ3n) is 3.02. The van der Waals surface area contributed by atoms with E-state index in [0.29, 0.717) is 13.2 Å². The minimum absolute atomic E-state index is 0.0267. The van der Waals surface area contributed by atoms with E-state index in [9.17, 15) is 9.18 Å². The van der Waals surface area contributed by atoms with Crippen molar-refractivity contribution < 1.29 is 13.9 Å². The van der Waals surface area contributed by atoms with Crippen LogP contribution in [0.2, 0.25) is 0 Å². The normalized spacial score (nSPS) is 10.4. The predicted molar refractivity (Wildman–Crippen MR) is 79.1 cm³/mol. The van der Waals surface area contributed by atoms with Gasteiger partial charge in [0.25, 0.3) is 5.91 Å². The molecular formula is C16H17FN2O2. The first-order chi connectivity index (χ1) is 10.1. The van der Waals surface area contributed by atoms with Gasteiger partial charge in [-0.05, 0) is 29.3 Å². The summed E-state index contributed by atoms with van der Waals surface area (Å²) in [6, 6.07) is 11.7. The molecule has 0 saturated carbocycles. The van der Waals surface area contributed by atoms with Crippen LogP contribution in [0, 0.1) is 5.82 Å². The van der Waals surface area contributed by atoms with Crippen LogP contribution in [-0.2, 0) is 17.9 Å². The molecule has 0 radical (unpaired) electrons. The van der Waals surface area contributed by atoms with Crippen molar-refractivity contribution in [3.05, 3.63) is 65.0 Å². The molecule has 2 aromatic carbocycles. The molecule has 0 fully saturated rings. The predicted octanol–water partition coefficient (Wildman–Crippen LogP) is 2.48. The van der Waals surface area contributed by atoms with E-state index < -0.39 is 5.82 Å². The molecule has 0 aliphatic carbocycles. The Morgan fingerprint density at radius 2 is 2.00 bits per heavy atom. The summed E-state index contributed by atoms with van der Waals surface area (Å²) >= 11 is 0. The second-order valence-corrected chi connectivity index (χ2v) is 4.67. The van der Waals surface area contributed by atoms with Crippen LogP contribution in [0.3, 0.4) is 0 Å². The number of methoxy groups -OCH3 is 1. The monoisotopic (exact) mass is 288 g/mol. The highest BCUT2D eigenvalue weighted by Crippen LogP contribution is 2.12. The van der Waals surface area contributed by atoms with Crippen molar-refractivity contribution in [2.24, 2.45) is 0 Å². The Morgan fingerprint density at radius 1 is 1.24 bits per heavy atom. The molecule has 0 aliphatic rings. The number of hydrogen-bond donors (Lipinski definition) is 2. The van der Waals surface area contributed by atoms with Gasteiger partial charge in [-0.1, -0.05) is 24.3 Å². The molecule has 5 heteroatoms. The van der Waals surface area contributed by atoms with Crippen LogP contribution in [0.5, 0.6) is 0 Å². The average molecular weight is 288 g/mol. The Bertz CT molecular complexity index is 644. The zero-order chi connectivity index (χ0) is 15.2. The van der Waals surface area contributed by atoms with Gasteiger partial charge in [0, 0.05) is 19.2 Å². The number of nitrogens with one attached hydrogen (secondary N) is 1. The number of nitrogens with two attached hydrogens (primary N) is 1. The number of ether oxygens (including phenoxy) is 1. The van der Waals surface area contributed by atoms with Gasteiger partial charge >= 0.3 is 0 Å². The SMILES string of the molecule is COCc1cccc(CNC(=O)c2ccc(N)c(F)c2)c1. The summed E-state index contributed by atoms with van der Waals surface area (Å²) in [6.45, 7) is 0.882. The lowest BCUT2D eigenvalue weighted by Crippen LogP contribution is -2.23. The number of nitrogen functional groups attached to an aromatic ring is 1. The van der Waals surface area contributed by atoms with Crippen molar-refractivity contribution >= 4 is 11.6 Å². The van der Waals surface area contributed by atoms with Crippen LogP contribution in [-0.4, -0.2) is 13.0 Å². The number of hydrogen-bond acceptors (Lipinski definition) is 3. The van der Waals surface area contributed by atoms with E-state index in [1.165, 1.54) is 12.1 Å². The maximum atomic E-state index is 13.3. The van der Waals surface area contributed by atoms with Crippen molar-refractivity contribution in [3.63, 3.8) is 0 Å². The molecule has 0 bridgehead atoms. The topological polar surface area (TPSA) is 64.3 Å². The Balaban J connectivity index is 2.00. The van der Waals surface area contributed by atoms with E-state index in [2.05, 4.69) is 5.32 Å². The highest BCUT2D eigenvalue weighted by atomic mass is 19.1. The smallest absolute Gasteiger partial charge is 0.251 e. The van der Waals surface area contributed by atoms with Crippen molar-refractivity contribution in [1.82, 2.24) is 5.32 Å². The third kappa shape index (κ3) is 4.03. The number of carbonyl (C=O) groups excluding carboxylic acids is 1. The first-order valence-corrected chi connectivity index (χ1v) is 6.50. The van der Waals surface area contributed by atoms with E-state index in [-0.39, 0.29) is 17.2 Å². The average Bonchev–Trinajstić information content (AvgIpc) is 2.48. The van der Waals surface area contributed by atoms with Gasteiger partial charge in [-0.25, -0.2) is 4.39 Å². The number of anilines is 1. The van der Waals surface area contributed by atoms with E-state index in [1.54, 1.807) is 7.11 Å². The van der Waals surface area contributed by atoms with E-state index in [1.807, 2.05) is 24.3 Å². The highest BCUT2D eigenvalue weighted by Gasteiger charge is 2.08. The standard InChI is InChI=1S/C16H17FN2O2/c1-21-10-12-4-2-3-11(7-12)9-19-16(20)13-5-6-15(18)14(17)8-13/h2-8H,9-10,18H2,1H3,(H,19,20). The minimum Gasteiger partial charge on any atom is -0.396 e. The van der Waals surface area contributed by atoms with Gasteiger partial charge in [0.05, 0.1) is 12.3 Å². The van der Waals surface area contributed by atoms with Crippen LogP contribution in [0.4, 0.5) is 10.1 Å². The van der Waals surface area contributed by atoms with Crippen molar-refractivity contribution in [1.29, 1.82) is 0 Å². The quantitative estimate of drug-likeness (QED) is 0.831. The van der Waals surface area contributed by atoms with Crippen molar-refractivity contribution in [2.75, 3.05) is 12.8 Å².